The summed E-state index contributed by atoms with van der Waals surface area (Å²) < 4.78 is 11.5. The molecule has 3 aromatic rings. The van der Waals surface area contributed by atoms with Gasteiger partial charge in [0, 0.05) is 44.1 Å². The zero-order valence-corrected chi connectivity index (χ0v) is 18.8. The SMILES string of the molecule is O=C(O)Cc1ccc(OC2CCN(C(=O)Oc3ccc(CSc4ncc[nH]4)cc3)CC2)cc1. The van der Waals surface area contributed by atoms with Gasteiger partial charge in [-0.1, -0.05) is 36.0 Å². The van der Waals surface area contributed by atoms with E-state index in [-0.39, 0.29) is 18.6 Å². The number of benzene rings is 2. The lowest BCUT2D eigenvalue weighted by atomic mass is 10.1. The number of thioether (sulfide) groups is 1. The number of likely N-dealkylation sites (tertiary alicyclic amines) is 1. The average molecular weight is 468 g/mol. The minimum Gasteiger partial charge on any atom is -0.490 e. The summed E-state index contributed by atoms with van der Waals surface area (Å²) in [4.78, 5) is 32.2. The van der Waals surface area contributed by atoms with Crippen LogP contribution in [0.25, 0.3) is 0 Å². The number of rotatable bonds is 8. The number of aromatic amines is 1. The second kappa shape index (κ2) is 10.9. The monoisotopic (exact) mass is 467 g/mol. The highest BCUT2D eigenvalue weighted by Crippen LogP contribution is 2.23. The van der Waals surface area contributed by atoms with E-state index < -0.39 is 5.97 Å². The van der Waals surface area contributed by atoms with Crippen molar-refractivity contribution in [3.8, 4) is 11.5 Å². The van der Waals surface area contributed by atoms with Gasteiger partial charge < -0.3 is 24.5 Å². The van der Waals surface area contributed by atoms with Gasteiger partial charge in [0.05, 0.1) is 6.42 Å². The number of aliphatic carboxylic acids is 1. The van der Waals surface area contributed by atoms with Crippen LogP contribution in [-0.4, -0.2) is 51.2 Å². The van der Waals surface area contributed by atoms with E-state index in [0.29, 0.717) is 37.4 Å². The molecule has 9 heteroatoms. The molecule has 1 saturated heterocycles. The van der Waals surface area contributed by atoms with E-state index >= 15 is 0 Å². The molecule has 1 fully saturated rings. The first kappa shape index (κ1) is 22.7. The van der Waals surface area contributed by atoms with Crippen molar-refractivity contribution in [2.45, 2.75) is 36.3 Å². The van der Waals surface area contributed by atoms with Gasteiger partial charge in [-0.15, -0.1) is 0 Å². The normalized spacial score (nSPS) is 14.1. The number of amides is 1. The van der Waals surface area contributed by atoms with E-state index in [4.69, 9.17) is 14.6 Å². The Morgan fingerprint density at radius 3 is 2.33 bits per heavy atom. The first-order chi connectivity index (χ1) is 16.0. The lowest BCUT2D eigenvalue weighted by Crippen LogP contribution is -2.43. The minimum atomic E-state index is -0.858. The van der Waals surface area contributed by atoms with Crippen molar-refractivity contribution in [2.75, 3.05) is 13.1 Å². The summed E-state index contributed by atoms with van der Waals surface area (Å²) in [6, 6.07) is 14.6. The summed E-state index contributed by atoms with van der Waals surface area (Å²) in [5.74, 6) is 1.14. The van der Waals surface area contributed by atoms with Gasteiger partial charge in [-0.05, 0) is 35.4 Å². The van der Waals surface area contributed by atoms with Crippen LogP contribution in [0.3, 0.4) is 0 Å². The third-order valence-corrected chi connectivity index (χ3v) is 6.23. The van der Waals surface area contributed by atoms with E-state index in [0.717, 1.165) is 22.0 Å². The van der Waals surface area contributed by atoms with E-state index in [1.807, 2.05) is 12.1 Å². The molecule has 2 heterocycles. The van der Waals surface area contributed by atoms with Crippen molar-refractivity contribution in [1.82, 2.24) is 14.9 Å². The van der Waals surface area contributed by atoms with Gasteiger partial charge in [-0.25, -0.2) is 9.78 Å². The Bertz CT molecular complexity index is 1050. The third kappa shape index (κ3) is 6.76. The first-order valence-electron chi connectivity index (χ1n) is 10.7. The molecule has 1 amide bonds. The zero-order chi connectivity index (χ0) is 23.0. The number of aromatic nitrogens is 2. The van der Waals surface area contributed by atoms with Gasteiger partial charge in [0.1, 0.15) is 17.6 Å². The summed E-state index contributed by atoms with van der Waals surface area (Å²) >= 11 is 1.61. The first-order valence-corrected chi connectivity index (χ1v) is 11.7. The summed E-state index contributed by atoms with van der Waals surface area (Å²) in [6.07, 6.45) is 4.56. The van der Waals surface area contributed by atoms with E-state index in [9.17, 15) is 9.59 Å². The van der Waals surface area contributed by atoms with Gasteiger partial charge >= 0.3 is 12.1 Å². The van der Waals surface area contributed by atoms with Gasteiger partial charge in [-0.2, -0.15) is 0 Å². The second-order valence-electron chi connectivity index (χ2n) is 7.71. The lowest BCUT2D eigenvalue weighted by molar-refractivity contribution is -0.136. The number of carboxylic acids is 1. The molecule has 0 bridgehead atoms. The molecule has 1 aliphatic rings. The minimum absolute atomic E-state index is 0.00493. The Labute approximate surface area is 195 Å². The van der Waals surface area contributed by atoms with Crippen LogP contribution < -0.4 is 9.47 Å². The van der Waals surface area contributed by atoms with Crippen LogP contribution in [0, 0.1) is 0 Å². The van der Waals surface area contributed by atoms with Crippen LogP contribution in [0.4, 0.5) is 4.79 Å². The van der Waals surface area contributed by atoms with E-state index in [1.54, 1.807) is 65.5 Å². The largest absolute Gasteiger partial charge is 0.490 e. The quantitative estimate of drug-likeness (QED) is 0.474. The number of H-pyrrole nitrogens is 1. The van der Waals surface area contributed by atoms with Crippen LogP contribution in [0.2, 0.25) is 0 Å². The molecule has 0 saturated carbocycles. The summed E-state index contributed by atoms with van der Waals surface area (Å²) in [7, 11) is 0. The predicted octanol–water partition coefficient (Wildman–Crippen LogP) is 4.37. The lowest BCUT2D eigenvalue weighted by Gasteiger charge is -2.31. The maximum Gasteiger partial charge on any atom is 0.415 e. The van der Waals surface area contributed by atoms with E-state index in [2.05, 4.69) is 9.97 Å². The molecule has 0 unspecified atom stereocenters. The van der Waals surface area contributed by atoms with Crippen molar-refractivity contribution in [1.29, 1.82) is 0 Å². The molecular weight excluding hydrogens is 442 g/mol. The maximum atomic E-state index is 12.5. The van der Waals surface area contributed by atoms with Crippen molar-refractivity contribution < 1.29 is 24.2 Å². The Hall–Kier alpha value is -3.46. The second-order valence-corrected chi connectivity index (χ2v) is 8.68. The maximum absolute atomic E-state index is 12.5. The molecule has 1 aromatic heterocycles. The molecule has 0 aliphatic carbocycles. The summed E-state index contributed by atoms with van der Waals surface area (Å²) in [6.45, 7) is 1.11. The zero-order valence-electron chi connectivity index (χ0n) is 18.0. The van der Waals surface area contributed by atoms with Gasteiger partial charge in [0.25, 0.3) is 0 Å². The average Bonchev–Trinajstić information content (AvgIpc) is 3.34. The van der Waals surface area contributed by atoms with Gasteiger partial charge in [0.15, 0.2) is 5.16 Å². The molecule has 8 nitrogen and oxygen atoms in total. The van der Waals surface area contributed by atoms with Crippen LogP contribution in [-0.2, 0) is 17.0 Å². The van der Waals surface area contributed by atoms with Crippen LogP contribution in [0.5, 0.6) is 11.5 Å². The number of imidazole rings is 1. The van der Waals surface area contributed by atoms with Crippen LogP contribution >= 0.6 is 11.8 Å². The Kier molecular flexibility index (Phi) is 7.51. The molecule has 172 valence electrons. The number of piperidine rings is 1. The number of carboxylic acid groups (broad SMARTS) is 1. The molecule has 0 spiro atoms. The number of carbonyl (C=O) groups is 2. The van der Waals surface area contributed by atoms with Gasteiger partial charge in [0.2, 0.25) is 0 Å². The highest BCUT2D eigenvalue weighted by Gasteiger charge is 2.25. The Morgan fingerprint density at radius 1 is 1.03 bits per heavy atom. The summed E-state index contributed by atoms with van der Waals surface area (Å²) in [5.41, 5.74) is 1.85. The van der Waals surface area contributed by atoms with Crippen LogP contribution in [0.1, 0.15) is 24.0 Å². The highest BCUT2D eigenvalue weighted by molar-refractivity contribution is 7.98. The molecule has 1 aliphatic heterocycles. The number of hydrogen-bond acceptors (Lipinski definition) is 6. The number of hydrogen-bond donors (Lipinski definition) is 2. The van der Waals surface area contributed by atoms with Crippen molar-refractivity contribution in [3.63, 3.8) is 0 Å². The number of nitrogens with zero attached hydrogens (tertiary/aromatic N) is 2. The fraction of sp³-hybridized carbons (Fsp3) is 0.292. The van der Waals surface area contributed by atoms with Crippen molar-refractivity contribution in [3.05, 3.63) is 72.1 Å². The van der Waals surface area contributed by atoms with Crippen molar-refractivity contribution >= 4 is 23.8 Å². The number of carbonyl (C=O) groups excluding carboxylic acids is 1. The highest BCUT2D eigenvalue weighted by atomic mass is 32.2. The number of nitrogens with one attached hydrogen (secondary N) is 1. The Balaban J connectivity index is 1.20. The van der Waals surface area contributed by atoms with E-state index in [1.165, 1.54) is 0 Å². The molecular formula is C24H25N3O5S. The fourth-order valence-corrected chi connectivity index (χ4v) is 4.29. The molecule has 0 atom stereocenters. The topological polar surface area (TPSA) is 105 Å². The number of ether oxygens (including phenoxy) is 2. The smallest absolute Gasteiger partial charge is 0.415 e. The standard InChI is InChI=1S/C24H25N3O5S/c28-22(29)15-17-1-5-19(6-2-17)31-21-9-13-27(14-10-21)24(30)32-20-7-3-18(4-8-20)16-33-23-25-11-12-26-23/h1-8,11-12,21H,9-10,13-16H2,(H,25,26)(H,28,29). The molecule has 4 rings (SSSR count). The van der Waals surface area contributed by atoms with Crippen molar-refractivity contribution in [2.24, 2.45) is 0 Å². The summed E-state index contributed by atoms with van der Waals surface area (Å²) in [5, 5.41) is 9.72. The third-order valence-electron chi connectivity index (χ3n) is 5.26. The molecule has 0 radical (unpaired) electrons. The van der Waals surface area contributed by atoms with Gasteiger partial charge in [-0.3, -0.25) is 4.79 Å². The molecule has 2 aromatic carbocycles. The fourth-order valence-electron chi connectivity index (χ4n) is 3.51. The molecule has 33 heavy (non-hydrogen) atoms. The molecule has 2 N–H and O–H groups in total. The Morgan fingerprint density at radius 2 is 1.70 bits per heavy atom. The van der Waals surface area contributed by atoms with Crippen LogP contribution in [0.15, 0.2) is 66.1 Å². The predicted molar refractivity (Wildman–Crippen MR) is 124 cm³/mol.